The Labute approximate surface area is 238 Å². The Balaban J connectivity index is 1.20. The molecule has 41 heavy (non-hydrogen) atoms. The highest BCUT2D eigenvalue weighted by Crippen LogP contribution is 2.43. The normalized spacial score (nSPS) is 23.7. The molecule has 2 atom stereocenters. The molecule has 0 aromatic heterocycles. The van der Waals surface area contributed by atoms with E-state index in [1.807, 2.05) is 29.2 Å². The highest BCUT2D eigenvalue weighted by atomic mass is 16.2. The lowest BCUT2D eigenvalue weighted by atomic mass is 9.69. The first-order valence-corrected chi connectivity index (χ1v) is 14.4. The number of nitrogens with zero attached hydrogens (tertiary/aromatic N) is 3. The molecule has 2 aromatic carbocycles. The number of rotatable bonds is 6. The van der Waals surface area contributed by atoms with Crippen LogP contribution in [0.2, 0.25) is 0 Å². The van der Waals surface area contributed by atoms with Gasteiger partial charge in [-0.3, -0.25) is 34.4 Å². The van der Waals surface area contributed by atoms with Crippen molar-refractivity contribution in [2.45, 2.75) is 70.0 Å². The Morgan fingerprint density at radius 3 is 2.54 bits per heavy atom. The van der Waals surface area contributed by atoms with Crippen molar-refractivity contribution in [1.82, 2.24) is 10.2 Å². The third-order valence-corrected chi connectivity index (χ3v) is 9.33. The average Bonchev–Trinajstić information content (AvgIpc) is 3.24. The monoisotopic (exact) mass is 556 g/mol. The van der Waals surface area contributed by atoms with Crippen LogP contribution >= 0.6 is 0 Å². The number of carbonyl (C=O) groups is 4. The zero-order valence-electron chi connectivity index (χ0n) is 23.3. The molecule has 5 N–H and O–H groups in total. The molecule has 3 fully saturated rings. The molecule has 2 unspecified atom stereocenters. The molecule has 1 aliphatic carbocycles. The van der Waals surface area contributed by atoms with Crippen LogP contribution in [0.4, 0.5) is 5.69 Å². The van der Waals surface area contributed by atoms with Gasteiger partial charge >= 0.3 is 0 Å². The zero-order chi connectivity index (χ0) is 28.9. The number of nitrogens with two attached hydrogens (primary N) is 2. The van der Waals surface area contributed by atoms with Crippen LogP contribution in [0.15, 0.2) is 47.1 Å². The number of nitrogens with one attached hydrogen (secondary N) is 1. The molecular weight excluding hydrogens is 520 g/mol. The van der Waals surface area contributed by atoms with Crippen molar-refractivity contribution in [3.63, 3.8) is 0 Å². The molecule has 10 nitrogen and oxygen atoms in total. The number of aliphatic imine (C=N–C) groups is 1. The SMILES string of the molecule is CC1(C(=O)N2CCC(N=C/C(=C\N)C(N)c3ccc4c5c(cccc35)C(=O)N4C3CCC(=O)NC3=O)CC2)CCC1. The fourth-order valence-corrected chi connectivity index (χ4v) is 6.66. The van der Waals surface area contributed by atoms with Crippen molar-refractivity contribution in [2.75, 3.05) is 18.0 Å². The molecule has 1 saturated carbocycles. The maximum absolute atomic E-state index is 13.4. The molecule has 214 valence electrons. The Kier molecular flexibility index (Phi) is 6.89. The number of benzene rings is 2. The number of hydrogen-bond acceptors (Lipinski definition) is 7. The van der Waals surface area contributed by atoms with E-state index in [1.165, 1.54) is 11.1 Å². The maximum atomic E-state index is 13.4. The lowest BCUT2D eigenvalue weighted by Crippen LogP contribution is -2.53. The Morgan fingerprint density at radius 2 is 1.88 bits per heavy atom. The molecule has 4 amide bonds. The Hall–Kier alpha value is -4.05. The summed E-state index contributed by atoms with van der Waals surface area (Å²) in [4.78, 5) is 58.9. The second-order valence-electron chi connectivity index (χ2n) is 11.9. The van der Waals surface area contributed by atoms with Gasteiger partial charge in [0.15, 0.2) is 0 Å². The number of carbonyl (C=O) groups excluding carboxylic acids is 4. The largest absolute Gasteiger partial charge is 0.404 e. The van der Waals surface area contributed by atoms with Crippen molar-refractivity contribution in [1.29, 1.82) is 0 Å². The van der Waals surface area contributed by atoms with Crippen LogP contribution < -0.4 is 21.7 Å². The molecule has 3 heterocycles. The van der Waals surface area contributed by atoms with Crippen LogP contribution in [0.1, 0.15) is 73.8 Å². The van der Waals surface area contributed by atoms with E-state index in [2.05, 4.69) is 12.2 Å². The van der Waals surface area contributed by atoms with Gasteiger partial charge in [0.05, 0.1) is 17.8 Å². The van der Waals surface area contributed by atoms with Crippen LogP contribution in [-0.4, -0.2) is 59.9 Å². The first kappa shape index (κ1) is 27.1. The summed E-state index contributed by atoms with van der Waals surface area (Å²) in [6, 6.07) is 7.90. The summed E-state index contributed by atoms with van der Waals surface area (Å²) in [6.45, 7) is 3.48. The fraction of sp³-hybridized carbons (Fsp3) is 0.452. The van der Waals surface area contributed by atoms with Gasteiger partial charge in [0.25, 0.3) is 5.91 Å². The Bertz CT molecular complexity index is 1500. The van der Waals surface area contributed by atoms with Gasteiger partial charge in [-0.15, -0.1) is 0 Å². The van der Waals surface area contributed by atoms with E-state index in [-0.39, 0.29) is 42.0 Å². The minimum absolute atomic E-state index is 0.0860. The quantitative estimate of drug-likeness (QED) is 0.368. The molecule has 0 spiro atoms. The highest BCUT2D eigenvalue weighted by molar-refractivity contribution is 6.27. The average molecular weight is 557 g/mol. The molecule has 0 bridgehead atoms. The van der Waals surface area contributed by atoms with Gasteiger partial charge in [0.2, 0.25) is 17.7 Å². The topological polar surface area (TPSA) is 151 Å². The van der Waals surface area contributed by atoms with Gasteiger partial charge in [-0.1, -0.05) is 31.5 Å². The molecule has 2 saturated heterocycles. The summed E-state index contributed by atoms with van der Waals surface area (Å²) < 4.78 is 0. The smallest absolute Gasteiger partial charge is 0.259 e. The van der Waals surface area contributed by atoms with Crippen molar-refractivity contribution in [2.24, 2.45) is 21.9 Å². The zero-order valence-corrected chi connectivity index (χ0v) is 23.3. The minimum Gasteiger partial charge on any atom is -0.404 e. The molecule has 4 aliphatic rings. The maximum Gasteiger partial charge on any atom is 0.259 e. The highest BCUT2D eigenvalue weighted by Gasteiger charge is 2.43. The number of hydrogen-bond donors (Lipinski definition) is 3. The summed E-state index contributed by atoms with van der Waals surface area (Å²) in [5, 5.41) is 3.89. The van der Waals surface area contributed by atoms with Gasteiger partial charge in [0.1, 0.15) is 6.04 Å². The van der Waals surface area contributed by atoms with Crippen LogP contribution in [0.25, 0.3) is 10.8 Å². The number of likely N-dealkylation sites (tertiary alicyclic amines) is 1. The van der Waals surface area contributed by atoms with E-state index < -0.39 is 18.0 Å². The number of amides is 4. The van der Waals surface area contributed by atoms with E-state index in [0.29, 0.717) is 29.9 Å². The number of imide groups is 1. The lowest BCUT2D eigenvalue weighted by Gasteiger charge is -2.42. The number of anilines is 1. The first-order chi connectivity index (χ1) is 19.7. The van der Waals surface area contributed by atoms with E-state index in [1.54, 1.807) is 12.3 Å². The molecule has 3 aliphatic heterocycles. The summed E-state index contributed by atoms with van der Waals surface area (Å²) in [7, 11) is 0. The van der Waals surface area contributed by atoms with Crippen molar-refractivity contribution < 1.29 is 19.2 Å². The minimum atomic E-state index is -0.750. The second-order valence-corrected chi connectivity index (χ2v) is 11.9. The lowest BCUT2D eigenvalue weighted by molar-refractivity contribution is -0.147. The van der Waals surface area contributed by atoms with E-state index in [9.17, 15) is 19.2 Å². The molecule has 0 radical (unpaired) electrons. The summed E-state index contributed by atoms with van der Waals surface area (Å²) >= 11 is 0. The van der Waals surface area contributed by atoms with E-state index in [0.717, 1.165) is 48.4 Å². The van der Waals surface area contributed by atoms with Gasteiger partial charge < -0.3 is 16.4 Å². The first-order valence-electron chi connectivity index (χ1n) is 14.4. The second kappa shape index (κ2) is 10.4. The van der Waals surface area contributed by atoms with E-state index in [4.69, 9.17) is 16.5 Å². The standard InChI is InChI=1S/C31H36N6O4/c1-31(12-3-13-31)30(41)36-14-10-19(11-15-36)34-17-18(16-32)27(33)21-6-7-23-26-20(21)4-2-5-22(26)29(40)37(23)24-8-9-25(38)35-28(24)39/h2,4-7,16-17,19,24,27H,3,8-15,32-33H2,1H3,(H,35,38,39)/b18-16+,34-17?. The van der Waals surface area contributed by atoms with Crippen molar-refractivity contribution >= 4 is 46.3 Å². The predicted octanol–water partition coefficient (Wildman–Crippen LogP) is 2.70. The summed E-state index contributed by atoms with van der Waals surface area (Å²) in [5.74, 6) is -0.782. The summed E-state index contributed by atoms with van der Waals surface area (Å²) in [5.41, 5.74) is 15.2. The van der Waals surface area contributed by atoms with E-state index >= 15 is 0 Å². The molecule has 6 rings (SSSR count). The molecule has 10 heteroatoms. The Morgan fingerprint density at radius 1 is 1.12 bits per heavy atom. The van der Waals surface area contributed by atoms with Gasteiger partial charge in [-0.2, -0.15) is 0 Å². The van der Waals surface area contributed by atoms with Crippen molar-refractivity contribution in [3.8, 4) is 0 Å². The van der Waals surface area contributed by atoms with Crippen LogP contribution in [-0.2, 0) is 14.4 Å². The third-order valence-electron chi connectivity index (χ3n) is 9.33. The molecular formula is C31H36N6O4. The fourth-order valence-electron chi connectivity index (χ4n) is 6.66. The summed E-state index contributed by atoms with van der Waals surface area (Å²) in [6.07, 6.45) is 8.34. The number of piperidine rings is 2. The predicted molar refractivity (Wildman–Crippen MR) is 156 cm³/mol. The van der Waals surface area contributed by atoms with Crippen LogP contribution in [0, 0.1) is 5.41 Å². The van der Waals surface area contributed by atoms with Gasteiger partial charge in [0, 0.05) is 53.9 Å². The van der Waals surface area contributed by atoms with Crippen LogP contribution in [0.3, 0.4) is 0 Å². The third kappa shape index (κ3) is 4.60. The van der Waals surface area contributed by atoms with Crippen LogP contribution in [0.5, 0.6) is 0 Å². The van der Waals surface area contributed by atoms with Gasteiger partial charge in [-0.25, -0.2) is 0 Å². The van der Waals surface area contributed by atoms with Crippen molar-refractivity contribution in [3.05, 3.63) is 53.2 Å². The molecule has 2 aromatic rings. The van der Waals surface area contributed by atoms with Gasteiger partial charge in [-0.05, 0) is 55.2 Å².